The third-order valence-electron chi connectivity index (χ3n) is 2.95. The van der Waals surface area contributed by atoms with Crippen LogP contribution in [0.5, 0.6) is 0 Å². The Balaban J connectivity index is 2.13. The molecule has 0 aromatic carbocycles. The molecular weight excluding hydrogens is 267 g/mol. The molecule has 0 unspecified atom stereocenters. The summed E-state index contributed by atoms with van der Waals surface area (Å²) in [6.45, 7) is 0. The van der Waals surface area contributed by atoms with Crippen LogP contribution in [-0.2, 0) is 11.2 Å². The van der Waals surface area contributed by atoms with E-state index in [-0.39, 0.29) is 24.2 Å². The number of halogens is 3. The minimum absolute atomic E-state index is 0.164. The van der Waals surface area contributed by atoms with E-state index in [1.54, 1.807) is 0 Å². The molecule has 2 N–H and O–H groups in total. The van der Waals surface area contributed by atoms with Gasteiger partial charge in [-0.05, 0) is 18.9 Å². The Morgan fingerprint density at radius 1 is 1.42 bits per heavy atom. The monoisotopic (exact) mass is 277 g/mol. The average molecular weight is 277 g/mol. The first-order valence-corrected chi connectivity index (χ1v) is 5.42. The number of carbonyl (C=O) groups excluding carboxylic acids is 1. The number of alkyl halides is 3. The number of aliphatic carboxylic acids is 1. The molecule has 0 aliphatic heterocycles. The lowest BCUT2D eigenvalue weighted by atomic mass is 10.1. The molecular formula is C11H10F3NO4. The second-order valence-electron chi connectivity index (χ2n) is 4.36. The van der Waals surface area contributed by atoms with Gasteiger partial charge < -0.3 is 14.8 Å². The van der Waals surface area contributed by atoms with Crippen LogP contribution in [0.4, 0.5) is 13.2 Å². The quantitative estimate of drug-likeness (QED) is 0.878. The van der Waals surface area contributed by atoms with Crippen molar-refractivity contribution in [3.05, 3.63) is 23.7 Å². The number of carbonyl (C=O) groups is 2. The lowest BCUT2D eigenvalue weighted by Crippen LogP contribution is -2.48. The molecule has 0 bridgehead atoms. The molecule has 1 aromatic rings. The van der Waals surface area contributed by atoms with Gasteiger partial charge in [0.2, 0.25) is 0 Å². The minimum atomic E-state index is -4.51. The molecule has 0 spiro atoms. The van der Waals surface area contributed by atoms with Gasteiger partial charge in [-0.2, -0.15) is 13.2 Å². The SMILES string of the molecule is O=C(O)Cc1occc1C(=O)NC1(C(F)(F)F)CC1. The zero-order chi connectivity index (χ0) is 14.3. The first kappa shape index (κ1) is 13.4. The number of hydrogen-bond donors (Lipinski definition) is 2. The first-order chi connectivity index (χ1) is 8.75. The van der Waals surface area contributed by atoms with Crippen molar-refractivity contribution in [3.8, 4) is 0 Å². The van der Waals surface area contributed by atoms with Gasteiger partial charge in [0.05, 0.1) is 11.8 Å². The summed E-state index contributed by atoms with van der Waals surface area (Å²) in [4.78, 5) is 22.3. The maximum absolute atomic E-state index is 12.7. The maximum Gasteiger partial charge on any atom is 0.411 e. The summed E-state index contributed by atoms with van der Waals surface area (Å²) in [5, 5.41) is 10.5. The summed E-state index contributed by atoms with van der Waals surface area (Å²) < 4.78 is 42.8. The van der Waals surface area contributed by atoms with Crippen LogP contribution in [0.25, 0.3) is 0 Å². The molecule has 8 heteroatoms. The lowest BCUT2D eigenvalue weighted by Gasteiger charge is -2.20. The summed E-state index contributed by atoms with van der Waals surface area (Å²) in [6.07, 6.45) is -4.35. The fraction of sp³-hybridized carbons (Fsp3) is 0.455. The first-order valence-electron chi connectivity index (χ1n) is 5.42. The van der Waals surface area contributed by atoms with Crippen LogP contribution in [-0.4, -0.2) is 28.7 Å². The Labute approximate surface area is 105 Å². The van der Waals surface area contributed by atoms with Gasteiger partial charge in [-0.15, -0.1) is 0 Å². The Kier molecular flexibility index (Phi) is 3.03. The normalized spacial score (nSPS) is 17.0. The van der Waals surface area contributed by atoms with Gasteiger partial charge >= 0.3 is 12.1 Å². The van der Waals surface area contributed by atoms with Crippen molar-refractivity contribution in [1.29, 1.82) is 0 Å². The van der Waals surface area contributed by atoms with Crippen molar-refractivity contribution < 1.29 is 32.3 Å². The molecule has 1 aromatic heterocycles. The Bertz CT molecular complexity index is 516. The highest BCUT2D eigenvalue weighted by atomic mass is 19.4. The number of carboxylic acid groups (broad SMARTS) is 1. The zero-order valence-electron chi connectivity index (χ0n) is 9.58. The van der Waals surface area contributed by atoms with E-state index in [0.29, 0.717) is 0 Å². The smallest absolute Gasteiger partial charge is 0.411 e. The largest absolute Gasteiger partial charge is 0.481 e. The topological polar surface area (TPSA) is 79.5 Å². The van der Waals surface area contributed by atoms with Gasteiger partial charge in [-0.3, -0.25) is 9.59 Å². The summed E-state index contributed by atoms with van der Waals surface area (Å²) >= 11 is 0. The predicted molar refractivity (Wildman–Crippen MR) is 55.5 cm³/mol. The summed E-state index contributed by atoms with van der Waals surface area (Å²) in [5.41, 5.74) is -2.36. The summed E-state index contributed by atoms with van der Waals surface area (Å²) in [5.74, 6) is -2.37. The van der Waals surface area contributed by atoms with E-state index < -0.39 is 30.0 Å². The van der Waals surface area contributed by atoms with E-state index in [4.69, 9.17) is 9.52 Å². The van der Waals surface area contributed by atoms with E-state index in [9.17, 15) is 22.8 Å². The van der Waals surface area contributed by atoms with Gasteiger partial charge in [0.25, 0.3) is 5.91 Å². The zero-order valence-corrected chi connectivity index (χ0v) is 9.58. The highest BCUT2D eigenvalue weighted by Gasteiger charge is 2.64. The summed E-state index contributed by atoms with van der Waals surface area (Å²) in [7, 11) is 0. The fourth-order valence-corrected chi connectivity index (χ4v) is 1.71. The standard InChI is InChI=1S/C11H10F3NO4/c12-11(13,14)10(2-3-10)15-9(18)6-1-4-19-7(6)5-8(16)17/h1,4H,2-3,5H2,(H,15,18)(H,16,17). The molecule has 1 heterocycles. The van der Waals surface area contributed by atoms with Crippen molar-refractivity contribution in [2.24, 2.45) is 0 Å². The van der Waals surface area contributed by atoms with Crippen LogP contribution in [0, 0.1) is 0 Å². The molecule has 1 aliphatic carbocycles. The summed E-state index contributed by atoms with van der Waals surface area (Å²) in [6, 6.07) is 1.15. The molecule has 0 atom stereocenters. The molecule has 1 fully saturated rings. The van der Waals surface area contributed by atoms with Gasteiger partial charge in [-0.1, -0.05) is 0 Å². The van der Waals surface area contributed by atoms with Crippen molar-refractivity contribution in [2.45, 2.75) is 31.0 Å². The average Bonchev–Trinajstić information content (AvgIpc) is 2.90. The fourth-order valence-electron chi connectivity index (χ4n) is 1.71. The Hall–Kier alpha value is -1.99. The van der Waals surface area contributed by atoms with Crippen LogP contribution >= 0.6 is 0 Å². The van der Waals surface area contributed by atoms with Crippen LogP contribution in [0.1, 0.15) is 29.0 Å². The number of amides is 1. The molecule has 1 aliphatic rings. The number of hydrogen-bond acceptors (Lipinski definition) is 3. The van der Waals surface area contributed by atoms with Gasteiger partial charge in [0.15, 0.2) is 0 Å². The minimum Gasteiger partial charge on any atom is -0.481 e. The molecule has 0 radical (unpaired) electrons. The van der Waals surface area contributed by atoms with Crippen molar-refractivity contribution >= 4 is 11.9 Å². The van der Waals surface area contributed by atoms with E-state index in [0.717, 1.165) is 12.3 Å². The Morgan fingerprint density at radius 3 is 2.53 bits per heavy atom. The molecule has 1 saturated carbocycles. The molecule has 1 amide bonds. The Morgan fingerprint density at radius 2 is 2.05 bits per heavy atom. The van der Waals surface area contributed by atoms with Crippen LogP contribution in [0.2, 0.25) is 0 Å². The maximum atomic E-state index is 12.7. The lowest BCUT2D eigenvalue weighted by molar-refractivity contribution is -0.163. The second kappa shape index (κ2) is 4.29. The molecule has 104 valence electrons. The number of rotatable bonds is 4. The highest BCUT2D eigenvalue weighted by Crippen LogP contribution is 2.49. The van der Waals surface area contributed by atoms with E-state index in [2.05, 4.69) is 0 Å². The van der Waals surface area contributed by atoms with Gasteiger partial charge in [0.1, 0.15) is 17.7 Å². The molecule has 0 saturated heterocycles. The van der Waals surface area contributed by atoms with Crippen LogP contribution in [0.15, 0.2) is 16.7 Å². The molecule has 2 rings (SSSR count). The third kappa shape index (κ3) is 2.56. The highest BCUT2D eigenvalue weighted by molar-refractivity contribution is 5.96. The molecule has 19 heavy (non-hydrogen) atoms. The van der Waals surface area contributed by atoms with Gasteiger partial charge in [0, 0.05) is 0 Å². The van der Waals surface area contributed by atoms with Gasteiger partial charge in [-0.25, -0.2) is 0 Å². The number of nitrogens with one attached hydrogen (secondary N) is 1. The van der Waals surface area contributed by atoms with Crippen molar-refractivity contribution in [2.75, 3.05) is 0 Å². The van der Waals surface area contributed by atoms with Crippen molar-refractivity contribution in [1.82, 2.24) is 5.32 Å². The van der Waals surface area contributed by atoms with E-state index in [1.807, 2.05) is 5.32 Å². The third-order valence-corrected chi connectivity index (χ3v) is 2.95. The predicted octanol–water partition coefficient (Wildman–Crippen LogP) is 1.73. The van der Waals surface area contributed by atoms with Crippen LogP contribution in [0.3, 0.4) is 0 Å². The second-order valence-corrected chi connectivity index (χ2v) is 4.36. The van der Waals surface area contributed by atoms with E-state index in [1.165, 1.54) is 0 Å². The number of furan rings is 1. The van der Waals surface area contributed by atoms with E-state index >= 15 is 0 Å². The van der Waals surface area contributed by atoms with Crippen molar-refractivity contribution in [3.63, 3.8) is 0 Å². The van der Waals surface area contributed by atoms with Crippen LogP contribution < -0.4 is 5.32 Å². The number of carboxylic acids is 1. The molecule has 5 nitrogen and oxygen atoms in total.